The molecule has 0 aliphatic carbocycles. The van der Waals surface area contributed by atoms with Crippen molar-refractivity contribution in [3.63, 3.8) is 0 Å². The molecule has 2 heterocycles. The van der Waals surface area contributed by atoms with E-state index < -0.39 is 0 Å². The van der Waals surface area contributed by atoms with E-state index in [9.17, 15) is 0 Å². The van der Waals surface area contributed by atoms with Crippen molar-refractivity contribution in [2.24, 2.45) is 0 Å². The molecule has 0 radical (unpaired) electrons. The maximum absolute atomic E-state index is 5.81. The second kappa shape index (κ2) is 2.46. The summed E-state index contributed by atoms with van der Waals surface area (Å²) >= 11 is 8.97. The zero-order valence-corrected chi connectivity index (χ0v) is 7.67. The summed E-state index contributed by atoms with van der Waals surface area (Å²) in [6.45, 7) is 0. The first-order chi connectivity index (χ1) is 5.27. The van der Waals surface area contributed by atoms with Gasteiger partial charge < -0.3 is 0 Å². The molecule has 0 atom stereocenters. The molecule has 0 bridgehead atoms. The van der Waals surface area contributed by atoms with Crippen molar-refractivity contribution in [2.75, 3.05) is 0 Å². The van der Waals surface area contributed by atoms with Crippen LogP contribution in [0.3, 0.4) is 0 Å². The van der Waals surface area contributed by atoms with Crippen molar-refractivity contribution in [1.82, 2.24) is 14.6 Å². The highest BCUT2D eigenvalue weighted by atomic mass is 79.9. The number of aromatic nitrogens is 3. The van der Waals surface area contributed by atoms with E-state index in [2.05, 4.69) is 26.0 Å². The molecule has 56 valence electrons. The van der Waals surface area contributed by atoms with Gasteiger partial charge in [-0.25, -0.2) is 9.50 Å². The predicted octanol–water partition coefficient (Wildman–Crippen LogP) is 2.15. The largest absolute Gasteiger partial charge is 0.218 e. The Morgan fingerprint density at radius 2 is 2.27 bits per heavy atom. The summed E-state index contributed by atoms with van der Waals surface area (Å²) in [6, 6.07) is 5.43. The van der Waals surface area contributed by atoms with Crippen LogP contribution < -0.4 is 0 Å². The van der Waals surface area contributed by atoms with Crippen molar-refractivity contribution in [3.8, 4) is 0 Å². The van der Waals surface area contributed by atoms with Crippen LogP contribution in [-0.4, -0.2) is 14.6 Å². The van der Waals surface area contributed by atoms with Crippen molar-refractivity contribution < 1.29 is 0 Å². The van der Waals surface area contributed by atoms with E-state index in [1.165, 1.54) is 0 Å². The topological polar surface area (TPSA) is 30.2 Å². The lowest BCUT2D eigenvalue weighted by molar-refractivity contribution is 0.946. The number of nitrogens with zero attached hydrogens (tertiary/aromatic N) is 3. The van der Waals surface area contributed by atoms with Crippen LogP contribution in [0.5, 0.6) is 0 Å². The molecule has 2 aromatic heterocycles. The average Bonchev–Trinajstić information content (AvgIpc) is 2.31. The van der Waals surface area contributed by atoms with E-state index in [4.69, 9.17) is 11.6 Å². The van der Waals surface area contributed by atoms with Crippen molar-refractivity contribution in [2.45, 2.75) is 0 Å². The molecule has 11 heavy (non-hydrogen) atoms. The van der Waals surface area contributed by atoms with Crippen molar-refractivity contribution in [1.29, 1.82) is 0 Å². The fraction of sp³-hybridized carbons (Fsp3) is 0. The Hall–Kier alpha value is -0.610. The smallest absolute Gasteiger partial charge is 0.201 e. The molecule has 0 aromatic carbocycles. The first-order valence-corrected chi connectivity index (χ1v) is 4.11. The molecule has 0 aliphatic heterocycles. The molecule has 0 fully saturated rings. The zero-order chi connectivity index (χ0) is 7.84. The fourth-order valence-electron chi connectivity index (χ4n) is 0.847. The Morgan fingerprint density at radius 3 is 3.00 bits per heavy atom. The molecule has 0 amide bonds. The van der Waals surface area contributed by atoms with Crippen LogP contribution in [-0.2, 0) is 0 Å². The minimum Gasteiger partial charge on any atom is -0.201 e. The van der Waals surface area contributed by atoms with E-state index in [0.29, 0.717) is 9.89 Å². The molecule has 3 nitrogen and oxygen atoms in total. The number of pyridine rings is 1. The van der Waals surface area contributed by atoms with E-state index in [0.717, 1.165) is 5.65 Å². The third-order valence-corrected chi connectivity index (χ3v) is 1.91. The summed E-state index contributed by atoms with van der Waals surface area (Å²) in [4.78, 5) is 4.06. The van der Waals surface area contributed by atoms with Crippen LogP contribution >= 0.6 is 27.5 Å². The predicted molar refractivity (Wildman–Crippen MR) is 45.7 cm³/mol. The second-order valence-corrected chi connectivity index (χ2v) is 3.10. The molecular weight excluding hydrogens is 229 g/mol. The molecule has 2 aromatic rings. The van der Waals surface area contributed by atoms with Crippen LogP contribution in [0, 0.1) is 0 Å². The quantitative estimate of drug-likeness (QED) is 0.652. The highest BCUT2D eigenvalue weighted by molar-refractivity contribution is 9.10. The molecule has 5 heteroatoms. The molecule has 2 rings (SSSR count). The fourth-order valence-corrected chi connectivity index (χ4v) is 1.38. The summed E-state index contributed by atoms with van der Waals surface area (Å²) in [7, 11) is 0. The van der Waals surface area contributed by atoms with Gasteiger partial charge in [-0.1, -0.05) is 17.7 Å². The standard InChI is InChI=1S/C6H3BrClN3/c7-6-9-5-3-1-2-4(8)11(5)10-6/h1-3H. The van der Waals surface area contributed by atoms with Gasteiger partial charge in [0, 0.05) is 0 Å². The van der Waals surface area contributed by atoms with Gasteiger partial charge in [0.05, 0.1) is 0 Å². The molecule has 0 saturated carbocycles. The van der Waals surface area contributed by atoms with Gasteiger partial charge in [-0.3, -0.25) is 0 Å². The summed E-state index contributed by atoms with van der Waals surface area (Å²) in [5.74, 6) is 0. The third kappa shape index (κ3) is 1.12. The molecule has 0 N–H and O–H groups in total. The van der Waals surface area contributed by atoms with Gasteiger partial charge in [-0.2, -0.15) is 0 Å². The lowest BCUT2D eigenvalue weighted by Gasteiger charge is -1.91. The minimum absolute atomic E-state index is 0.547. The lowest BCUT2D eigenvalue weighted by Crippen LogP contribution is -1.86. The van der Waals surface area contributed by atoms with Gasteiger partial charge in [0.25, 0.3) is 0 Å². The first kappa shape index (κ1) is 7.06. The molecular formula is C6H3BrClN3. The number of rotatable bonds is 0. The maximum atomic E-state index is 5.81. The first-order valence-electron chi connectivity index (χ1n) is 2.94. The Bertz CT molecular complexity index is 398. The van der Waals surface area contributed by atoms with E-state index in [1.54, 1.807) is 10.6 Å². The third-order valence-electron chi connectivity index (χ3n) is 1.29. The monoisotopic (exact) mass is 231 g/mol. The van der Waals surface area contributed by atoms with Crippen molar-refractivity contribution in [3.05, 3.63) is 28.1 Å². The van der Waals surface area contributed by atoms with E-state index in [-0.39, 0.29) is 0 Å². The van der Waals surface area contributed by atoms with Gasteiger partial charge in [0.2, 0.25) is 4.73 Å². The van der Waals surface area contributed by atoms with Gasteiger partial charge in [0.1, 0.15) is 5.15 Å². The van der Waals surface area contributed by atoms with E-state index >= 15 is 0 Å². The number of hydrogen-bond acceptors (Lipinski definition) is 2. The Labute approximate surface area is 76.1 Å². The number of hydrogen-bond donors (Lipinski definition) is 0. The van der Waals surface area contributed by atoms with Crippen LogP contribution in [0.15, 0.2) is 22.9 Å². The van der Waals surface area contributed by atoms with Crippen LogP contribution in [0.25, 0.3) is 5.65 Å². The van der Waals surface area contributed by atoms with Crippen molar-refractivity contribution >= 4 is 33.2 Å². The Balaban J connectivity index is 2.90. The van der Waals surface area contributed by atoms with E-state index in [1.807, 2.05) is 12.1 Å². The summed E-state index contributed by atoms with van der Waals surface area (Å²) in [6.07, 6.45) is 0. The van der Waals surface area contributed by atoms with Gasteiger partial charge >= 0.3 is 0 Å². The summed E-state index contributed by atoms with van der Waals surface area (Å²) < 4.78 is 2.11. The summed E-state index contributed by atoms with van der Waals surface area (Å²) in [5.41, 5.74) is 0.740. The van der Waals surface area contributed by atoms with Gasteiger partial charge in [0.15, 0.2) is 5.65 Å². The van der Waals surface area contributed by atoms with Crippen LogP contribution in [0.2, 0.25) is 5.15 Å². The van der Waals surface area contributed by atoms with Crippen LogP contribution in [0.4, 0.5) is 0 Å². The molecule has 0 unspecified atom stereocenters. The average molecular weight is 232 g/mol. The number of halogens is 2. The second-order valence-electron chi connectivity index (χ2n) is 2.00. The van der Waals surface area contributed by atoms with Gasteiger partial charge in [-0.15, -0.1) is 5.10 Å². The van der Waals surface area contributed by atoms with Crippen LogP contribution in [0.1, 0.15) is 0 Å². The summed E-state index contributed by atoms with van der Waals surface area (Å²) in [5, 5.41) is 4.56. The minimum atomic E-state index is 0.547. The molecule has 0 saturated heterocycles. The highest BCUT2D eigenvalue weighted by Crippen LogP contribution is 2.12. The molecule has 0 spiro atoms. The zero-order valence-electron chi connectivity index (χ0n) is 5.33. The van der Waals surface area contributed by atoms with Gasteiger partial charge in [-0.05, 0) is 28.1 Å². The Morgan fingerprint density at radius 1 is 1.45 bits per heavy atom. The Kier molecular flexibility index (Phi) is 1.58. The normalized spacial score (nSPS) is 10.7. The molecule has 0 aliphatic rings. The maximum Gasteiger partial charge on any atom is 0.218 e. The highest BCUT2D eigenvalue weighted by Gasteiger charge is 2.01. The number of fused-ring (bicyclic) bond motifs is 1. The SMILES string of the molecule is Clc1cccc2nc(Br)nn12. The lowest BCUT2D eigenvalue weighted by atomic mass is 10.5.